The van der Waals surface area contributed by atoms with Crippen molar-refractivity contribution in [2.75, 3.05) is 26.2 Å². The Balaban J connectivity index is 1.93. The number of oxazole rings is 1. The van der Waals surface area contributed by atoms with Crippen LogP contribution in [0.25, 0.3) is 0 Å². The number of aliphatic hydroxyl groups excluding tert-OH is 1. The van der Waals surface area contributed by atoms with Crippen molar-refractivity contribution in [3.63, 3.8) is 0 Å². The number of piperazine rings is 1. The summed E-state index contributed by atoms with van der Waals surface area (Å²) in [5.41, 5.74) is 0.00711. The summed E-state index contributed by atoms with van der Waals surface area (Å²) in [5, 5.41) is 9.62. The Labute approximate surface area is 134 Å². The van der Waals surface area contributed by atoms with Gasteiger partial charge in [0.2, 0.25) is 5.89 Å². The molecule has 5 heteroatoms. The van der Waals surface area contributed by atoms with Gasteiger partial charge in [0, 0.05) is 37.6 Å². The molecule has 1 aliphatic rings. The zero-order valence-electron chi connectivity index (χ0n) is 14.7. The summed E-state index contributed by atoms with van der Waals surface area (Å²) in [5.74, 6) is 1.76. The number of nitrogens with zero attached hydrogens (tertiary/aromatic N) is 3. The van der Waals surface area contributed by atoms with Crippen LogP contribution in [0.4, 0.5) is 0 Å². The maximum Gasteiger partial charge on any atom is 0.208 e. The fourth-order valence-electron chi connectivity index (χ4n) is 2.99. The number of hydrogen-bond donors (Lipinski definition) is 1. The fraction of sp³-hybridized carbons (Fsp3) is 0.824. The molecule has 126 valence electrons. The summed E-state index contributed by atoms with van der Waals surface area (Å²) in [4.78, 5) is 9.24. The summed E-state index contributed by atoms with van der Waals surface area (Å²) in [6.45, 7) is 15.0. The van der Waals surface area contributed by atoms with Crippen LogP contribution in [-0.4, -0.2) is 58.2 Å². The average molecular weight is 309 g/mol. The second kappa shape index (κ2) is 7.11. The van der Waals surface area contributed by atoms with Crippen molar-refractivity contribution in [3.8, 4) is 0 Å². The molecule has 2 heterocycles. The van der Waals surface area contributed by atoms with Crippen molar-refractivity contribution in [1.29, 1.82) is 0 Å². The van der Waals surface area contributed by atoms with E-state index in [2.05, 4.69) is 42.5 Å². The lowest BCUT2D eigenvalue weighted by Crippen LogP contribution is -2.54. The Kier molecular flexibility index (Phi) is 5.64. The first-order valence-electron chi connectivity index (χ1n) is 8.39. The van der Waals surface area contributed by atoms with Gasteiger partial charge < -0.3 is 9.52 Å². The molecule has 0 unspecified atom stereocenters. The van der Waals surface area contributed by atoms with Crippen LogP contribution in [0.5, 0.6) is 0 Å². The zero-order valence-corrected chi connectivity index (χ0v) is 14.7. The first-order chi connectivity index (χ1) is 10.3. The molecule has 1 saturated heterocycles. The summed E-state index contributed by atoms with van der Waals surface area (Å²) in [6, 6.07) is 0.500. The molecule has 22 heavy (non-hydrogen) atoms. The van der Waals surface area contributed by atoms with E-state index in [1.165, 1.54) is 0 Å². The van der Waals surface area contributed by atoms with Crippen LogP contribution in [0.3, 0.4) is 0 Å². The van der Waals surface area contributed by atoms with E-state index < -0.39 is 0 Å². The van der Waals surface area contributed by atoms with Gasteiger partial charge in [0.25, 0.3) is 0 Å². The predicted molar refractivity (Wildman–Crippen MR) is 87.8 cm³/mol. The summed E-state index contributed by atoms with van der Waals surface area (Å²) >= 11 is 0. The van der Waals surface area contributed by atoms with Gasteiger partial charge in [-0.05, 0) is 13.3 Å². The molecule has 0 spiro atoms. The molecule has 1 aromatic heterocycles. The van der Waals surface area contributed by atoms with E-state index in [4.69, 9.17) is 4.42 Å². The monoisotopic (exact) mass is 309 g/mol. The molecular formula is C17H31N3O2. The van der Waals surface area contributed by atoms with Gasteiger partial charge in [-0.2, -0.15) is 0 Å². The maximum absolute atomic E-state index is 9.62. The number of aromatic nitrogens is 1. The highest BCUT2D eigenvalue weighted by atomic mass is 16.4. The minimum absolute atomic E-state index is 0.00711. The summed E-state index contributed by atoms with van der Waals surface area (Å²) in [7, 11) is 0. The molecule has 0 amide bonds. The molecule has 1 aliphatic heterocycles. The highest BCUT2D eigenvalue weighted by molar-refractivity contribution is 5.06. The molecule has 0 bridgehead atoms. The average Bonchev–Trinajstić information content (AvgIpc) is 2.88. The molecule has 5 nitrogen and oxygen atoms in total. The van der Waals surface area contributed by atoms with Crippen molar-refractivity contribution in [2.45, 2.75) is 65.1 Å². The quantitative estimate of drug-likeness (QED) is 0.904. The van der Waals surface area contributed by atoms with E-state index in [0.717, 1.165) is 50.8 Å². The molecule has 0 saturated carbocycles. The summed E-state index contributed by atoms with van der Waals surface area (Å²) < 4.78 is 5.90. The third kappa shape index (κ3) is 4.54. The number of rotatable bonds is 5. The molecule has 0 aromatic carbocycles. The fourth-order valence-corrected chi connectivity index (χ4v) is 2.99. The van der Waals surface area contributed by atoms with Crippen LogP contribution in [-0.2, 0) is 12.0 Å². The standard InChI is InChI=1S/C17H31N3O2/c1-6-14-11-19(7-8-20(14)10-13(2)21)12-16-18-9-15(22-16)17(3,4)5/h9,13-14,21H,6-8,10-12H2,1-5H3/t13-,14-/m0/s1. The second-order valence-electron chi connectivity index (χ2n) is 7.51. The van der Waals surface area contributed by atoms with E-state index >= 15 is 0 Å². The van der Waals surface area contributed by atoms with Gasteiger partial charge in [0.1, 0.15) is 5.76 Å². The number of aliphatic hydroxyl groups is 1. The van der Waals surface area contributed by atoms with Crippen LogP contribution in [0.1, 0.15) is 52.7 Å². The Hall–Kier alpha value is -0.910. The molecular weight excluding hydrogens is 278 g/mol. The Morgan fingerprint density at radius 1 is 1.41 bits per heavy atom. The van der Waals surface area contributed by atoms with Crippen molar-refractivity contribution >= 4 is 0 Å². The molecule has 2 atom stereocenters. The molecule has 1 aromatic rings. The van der Waals surface area contributed by atoms with Gasteiger partial charge in [-0.3, -0.25) is 9.80 Å². The second-order valence-corrected chi connectivity index (χ2v) is 7.51. The van der Waals surface area contributed by atoms with Crippen molar-refractivity contribution in [1.82, 2.24) is 14.8 Å². The minimum atomic E-state index is -0.262. The van der Waals surface area contributed by atoms with Crippen LogP contribution < -0.4 is 0 Å². The Morgan fingerprint density at radius 2 is 2.14 bits per heavy atom. The minimum Gasteiger partial charge on any atom is -0.444 e. The number of hydrogen-bond acceptors (Lipinski definition) is 5. The van der Waals surface area contributed by atoms with Gasteiger partial charge in [0.15, 0.2) is 0 Å². The van der Waals surface area contributed by atoms with Crippen molar-refractivity contribution in [2.24, 2.45) is 0 Å². The molecule has 1 fully saturated rings. The first kappa shape index (κ1) is 17.4. The molecule has 0 radical (unpaired) electrons. The summed E-state index contributed by atoms with van der Waals surface area (Å²) in [6.07, 6.45) is 2.69. The zero-order chi connectivity index (χ0) is 16.3. The maximum atomic E-state index is 9.62. The lowest BCUT2D eigenvalue weighted by Gasteiger charge is -2.41. The number of β-amino-alcohol motifs (C(OH)–C–C–N with tert-alkyl or cyclic N) is 1. The highest BCUT2D eigenvalue weighted by Crippen LogP contribution is 2.23. The van der Waals surface area contributed by atoms with Gasteiger partial charge in [-0.15, -0.1) is 0 Å². The smallest absolute Gasteiger partial charge is 0.208 e. The van der Waals surface area contributed by atoms with Gasteiger partial charge >= 0.3 is 0 Å². The van der Waals surface area contributed by atoms with E-state index in [-0.39, 0.29) is 11.5 Å². The third-order valence-corrected chi connectivity index (χ3v) is 4.31. The lowest BCUT2D eigenvalue weighted by molar-refractivity contribution is 0.0307. The van der Waals surface area contributed by atoms with E-state index in [9.17, 15) is 5.11 Å². The predicted octanol–water partition coefficient (Wildman–Crippen LogP) is 2.25. The van der Waals surface area contributed by atoms with E-state index in [1.807, 2.05) is 13.1 Å². The molecule has 2 rings (SSSR count). The normalized spacial score (nSPS) is 22.9. The van der Waals surface area contributed by atoms with Gasteiger partial charge in [0.05, 0.1) is 18.8 Å². The highest BCUT2D eigenvalue weighted by Gasteiger charge is 2.27. The topological polar surface area (TPSA) is 52.7 Å². The van der Waals surface area contributed by atoms with Crippen LogP contribution >= 0.6 is 0 Å². The van der Waals surface area contributed by atoms with Gasteiger partial charge in [-0.25, -0.2) is 4.98 Å². The SMILES string of the molecule is CC[C@H]1CN(Cc2ncc(C(C)(C)C)o2)CCN1C[C@H](C)O. The van der Waals surface area contributed by atoms with Crippen molar-refractivity contribution in [3.05, 3.63) is 17.8 Å². The molecule has 1 N–H and O–H groups in total. The van der Waals surface area contributed by atoms with E-state index in [0.29, 0.717) is 6.04 Å². The van der Waals surface area contributed by atoms with Crippen LogP contribution in [0.15, 0.2) is 10.6 Å². The van der Waals surface area contributed by atoms with E-state index in [1.54, 1.807) is 0 Å². The lowest BCUT2D eigenvalue weighted by atomic mass is 9.94. The molecule has 0 aliphatic carbocycles. The third-order valence-electron chi connectivity index (χ3n) is 4.31. The van der Waals surface area contributed by atoms with Crippen LogP contribution in [0, 0.1) is 0 Å². The van der Waals surface area contributed by atoms with Crippen molar-refractivity contribution < 1.29 is 9.52 Å². The Morgan fingerprint density at radius 3 is 2.68 bits per heavy atom. The van der Waals surface area contributed by atoms with Crippen LogP contribution in [0.2, 0.25) is 0 Å². The van der Waals surface area contributed by atoms with Gasteiger partial charge in [-0.1, -0.05) is 27.7 Å². The Bertz CT molecular complexity index is 465. The largest absolute Gasteiger partial charge is 0.444 e. The first-order valence-corrected chi connectivity index (χ1v) is 8.39.